The fourth-order valence-electron chi connectivity index (χ4n) is 1.95. The average molecular weight is 294 g/mol. The molecule has 5 heteroatoms. The Morgan fingerprint density at radius 2 is 2.15 bits per heavy atom. The fourth-order valence-corrected chi connectivity index (χ4v) is 2.21. The number of carbonyl (C=O) groups excluding carboxylic acids is 1. The Kier molecular flexibility index (Phi) is 4.35. The Morgan fingerprint density at radius 1 is 1.40 bits per heavy atom. The first-order valence-electron chi connectivity index (χ1n) is 6.20. The second kappa shape index (κ2) is 6.01. The van der Waals surface area contributed by atoms with Gasteiger partial charge in [-0.3, -0.25) is 4.79 Å². The van der Waals surface area contributed by atoms with Gasteiger partial charge in [-0.05, 0) is 30.7 Å². The number of hydrogen-bond donors (Lipinski definition) is 1. The third-order valence-corrected chi connectivity index (χ3v) is 3.34. The smallest absolute Gasteiger partial charge is 0.289 e. The first-order chi connectivity index (χ1) is 9.51. The van der Waals surface area contributed by atoms with Gasteiger partial charge >= 0.3 is 0 Å². The second-order valence-electron chi connectivity index (χ2n) is 4.66. The molecule has 2 rings (SSSR count). The summed E-state index contributed by atoms with van der Waals surface area (Å²) in [5, 5.41) is 9.42. The zero-order valence-electron chi connectivity index (χ0n) is 11.4. The zero-order valence-corrected chi connectivity index (χ0v) is 12.1. The number of carbonyl (C=O) groups is 1. The van der Waals surface area contributed by atoms with E-state index in [1.165, 1.54) is 4.90 Å². The van der Waals surface area contributed by atoms with E-state index >= 15 is 0 Å². The average Bonchev–Trinajstić information content (AvgIpc) is 2.79. The molecule has 0 spiro atoms. The minimum absolute atomic E-state index is 0.182. The highest BCUT2D eigenvalue weighted by atomic mass is 35.5. The summed E-state index contributed by atoms with van der Waals surface area (Å²) in [5.74, 6) is 1.23. The Labute approximate surface area is 122 Å². The number of hydrogen-bond acceptors (Lipinski definition) is 3. The number of rotatable bonds is 4. The molecular formula is C15H16ClNO3. The third-order valence-electron chi connectivity index (χ3n) is 3.05. The molecule has 0 atom stereocenters. The third kappa shape index (κ3) is 3.14. The normalized spacial score (nSPS) is 10.6. The van der Waals surface area contributed by atoms with Crippen LogP contribution in [-0.2, 0) is 12.4 Å². The molecule has 0 fully saturated rings. The highest BCUT2D eigenvalue weighted by molar-refractivity contribution is 6.17. The monoisotopic (exact) mass is 293 g/mol. The van der Waals surface area contributed by atoms with Crippen molar-refractivity contribution < 1.29 is 14.3 Å². The number of phenolic OH excluding ortho intramolecular Hbond substituents is 1. The molecule has 1 N–H and O–H groups in total. The molecule has 0 aliphatic carbocycles. The lowest BCUT2D eigenvalue weighted by molar-refractivity contribution is 0.0752. The van der Waals surface area contributed by atoms with Gasteiger partial charge in [0, 0.05) is 19.2 Å². The first-order valence-corrected chi connectivity index (χ1v) is 6.73. The molecule has 4 nitrogen and oxygen atoms in total. The molecule has 1 aromatic heterocycles. The van der Waals surface area contributed by atoms with Gasteiger partial charge in [0.05, 0.1) is 5.88 Å². The number of nitrogens with zero attached hydrogens (tertiary/aromatic N) is 1. The summed E-state index contributed by atoms with van der Waals surface area (Å²) >= 11 is 5.76. The van der Waals surface area contributed by atoms with E-state index in [9.17, 15) is 9.90 Å². The van der Waals surface area contributed by atoms with Gasteiger partial charge in [0.1, 0.15) is 11.5 Å². The number of aryl methyl sites for hydroxylation is 1. The molecule has 2 aromatic rings. The minimum Gasteiger partial charge on any atom is -0.508 e. The Morgan fingerprint density at radius 3 is 2.75 bits per heavy atom. The predicted molar refractivity (Wildman–Crippen MR) is 76.9 cm³/mol. The van der Waals surface area contributed by atoms with Gasteiger partial charge in [-0.25, -0.2) is 0 Å². The highest BCUT2D eigenvalue weighted by Crippen LogP contribution is 2.19. The maximum Gasteiger partial charge on any atom is 0.289 e. The Balaban J connectivity index is 2.12. The molecule has 0 radical (unpaired) electrons. The standard InChI is InChI=1S/C15H16ClNO3/c1-10-12(8-16)7-14(20-10)15(19)17(2)9-11-4-3-5-13(18)6-11/h3-7,18H,8-9H2,1-2H3. The van der Waals surface area contributed by atoms with Gasteiger partial charge in [-0.15, -0.1) is 11.6 Å². The number of alkyl halides is 1. The SMILES string of the molecule is Cc1oc(C(=O)N(C)Cc2cccc(O)c2)cc1CCl. The van der Waals surface area contributed by atoms with E-state index in [0.717, 1.165) is 11.1 Å². The largest absolute Gasteiger partial charge is 0.508 e. The van der Waals surface area contributed by atoms with Gasteiger partial charge in [0.2, 0.25) is 0 Å². The molecule has 0 saturated carbocycles. The van der Waals surface area contributed by atoms with Crippen molar-refractivity contribution in [3.63, 3.8) is 0 Å². The summed E-state index contributed by atoms with van der Waals surface area (Å²) in [6.45, 7) is 2.17. The number of amides is 1. The molecule has 1 amide bonds. The molecule has 0 aliphatic rings. The van der Waals surface area contributed by atoms with E-state index in [1.54, 1.807) is 38.2 Å². The molecule has 1 heterocycles. The molecule has 0 aliphatic heterocycles. The summed E-state index contributed by atoms with van der Waals surface area (Å²) in [4.78, 5) is 13.8. The van der Waals surface area contributed by atoms with Crippen molar-refractivity contribution in [1.29, 1.82) is 0 Å². The molecule has 1 aromatic carbocycles. The molecule has 0 bridgehead atoms. The van der Waals surface area contributed by atoms with Crippen LogP contribution < -0.4 is 0 Å². The minimum atomic E-state index is -0.215. The van der Waals surface area contributed by atoms with E-state index in [4.69, 9.17) is 16.0 Å². The van der Waals surface area contributed by atoms with Crippen LogP contribution in [0.4, 0.5) is 0 Å². The van der Waals surface area contributed by atoms with Crippen molar-refractivity contribution in [2.75, 3.05) is 7.05 Å². The number of aromatic hydroxyl groups is 1. The summed E-state index contributed by atoms with van der Waals surface area (Å²) in [5.41, 5.74) is 1.67. The summed E-state index contributed by atoms with van der Waals surface area (Å²) in [6.07, 6.45) is 0. The van der Waals surface area contributed by atoms with Crippen LogP contribution in [0.15, 0.2) is 34.7 Å². The van der Waals surface area contributed by atoms with Crippen molar-refractivity contribution in [2.45, 2.75) is 19.3 Å². The van der Waals surface area contributed by atoms with Crippen LogP contribution >= 0.6 is 11.6 Å². The van der Waals surface area contributed by atoms with Crippen molar-refractivity contribution >= 4 is 17.5 Å². The van der Waals surface area contributed by atoms with Crippen molar-refractivity contribution in [1.82, 2.24) is 4.90 Å². The number of halogens is 1. The molecular weight excluding hydrogens is 278 g/mol. The quantitative estimate of drug-likeness (QED) is 0.880. The van der Waals surface area contributed by atoms with Crippen LogP contribution in [0.3, 0.4) is 0 Å². The van der Waals surface area contributed by atoms with Gasteiger partial charge in [-0.1, -0.05) is 12.1 Å². The predicted octanol–water partition coefficient (Wildman–Crippen LogP) is 3.30. The lowest BCUT2D eigenvalue weighted by atomic mass is 10.2. The lowest BCUT2D eigenvalue weighted by Crippen LogP contribution is -2.25. The maximum absolute atomic E-state index is 12.2. The van der Waals surface area contributed by atoms with Crippen LogP contribution in [0.5, 0.6) is 5.75 Å². The molecule has 0 unspecified atom stereocenters. The lowest BCUT2D eigenvalue weighted by Gasteiger charge is -2.15. The Hall–Kier alpha value is -1.94. The zero-order chi connectivity index (χ0) is 14.7. The number of benzene rings is 1. The number of furan rings is 1. The topological polar surface area (TPSA) is 53.7 Å². The van der Waals surface area contributed by atoms with Crippen molar-refractivity contribution in [3.05, 3.63) is 53.0 Å². The number of phenols is 1. The second-order valence-corrected chi connectivity index (χ2v) is 4.92. The van der Waals surface area contributed by atoms with Crippen LogP contribution in [0.1, 0.15) is 27.4 Å². The van der Waals surface area contributed by atoms with Gasteiger partial charge in [-0.2, -0.15) is 0 Å². The molecule has 0 saturated heterocycles. The van der Waals surface area contributed by atoms with Gasteiger partial charge in [0.25, 0.3) is 5.91 Å². The summed E-state index contributed by atoms with van der Waals surface area (Å²) in [6, 6.07) is 8.48. The van der Waals surface area contributed by atoms with E-state index < -0.39 is 0 Å². The maximum atomic E-state index is 12.2. The van der Waals surface area contributed by atoms with E-state index in [0.29, 0.717) is 18.2 Å². The van der Waals surface area contributed by atoms with Crippen molar-refractivity contribution in [3.8, 4) is 5.75 Å². The van der Waals surface area contributed by atoms with E-state index in [-0.39, 0.29) is 17.4 Å². The van der Waals surface area contributed by atoms with E-state index in [2.05, 4.69) is 0 Å². The Bertz CT molecular complexity index is 621. The van der Waals surface area contributed by atoms with Gasteiger partial charge < -0.3 is 14.4 Å². The first kappa shape index (κ1) is 14.5. The highest BCUT2D eigenvalue weighted by Gasteiger charge is 2.18. The van der Waals surface area contributed by atoms with Crippen LogP contribution in [0, 0.1) is 6.92 Å². The summed E-state index contributed by atoms with van der Waals surface area (Å²) in [7, 11) is 1.69. The molecule has 20 heavy (non-hydrogen) atoms. The van der Waals surface area contributed by atoms with Crippen LogP contribution in [0.2, 0.25) is 0 Å². The molecule has 106 valence electrons. The van der Waals surface area contributed by atoms with E-state index in [1.807, 2.05) is 6.07 Å². The fraction of sp³-hybridized carbons (Fsp3) is 0.267. The van der Waals surface area contributed by atoms with Crippen LogP contribution in [-0.4, -0.2) is 23.0 Å². The van der Waals surface area contributed by atoms with Crippen LogP contribution in [0.25, 0.3) is 0 Å². The summed E-state index contributed by atoms with van der Waals surface area (Å²) < 4.78 is 5.42. The van der Waals surface area contributed by atoms with Crippen molar-refractivity contribution in [2.24, 2.45) is 0 Å². The van der Waals surface area contributed by atoms with Gasteiger partial charge in [0.15, 0.2) is 5.76 Å².